The molecule has 0 aliphatic rings. The van der Waals surface area contributed by atoms with Crippen LogP contribution in [0.4, 0.5) is 8.78 Å². The second kappa shape index (κ2) is 7.77. The van der Waals surface area contributed by atoms with Gasteiger partial charge in [0.2, 0.25) is 0 Å². The van der Waals surface area contributed by atoms with Crippen LogP contribution in [0, 0.1) is 11.6 Å². The number of hydrogen-bond donors (Lipinski definition) is 1. The van der Waals surface area contributed by atoms with Gasteiger partial charge in [-0.25, -0.2) is 8.78 Å². The topological polar surface area (TPSA) is 40.5 Å². The van der Waals surface area contributed by atoms with Crippen LogP contribution in [0.1, 0.15) is 17.2 Å². The molecule has 3 nitrogen and oxygen atoms in total. The minimum absolute atomic E-state index is 0.0965. The number of hydrogen-bond acceptors (Lipinski definition) is 3. The fourth-order valence-electron chi connectivity index (χ4n) is 2.38. The lowest BCUT2D eigenvalue weighted by atomic mass is 10.1. The van der Waals surface area contributed by atoms with Gasteiger partial charge in [0.05, 0.1) is 11.7 Å². The molecule has 2 rings (SSSR count). The summed E-state index contributed by atoms with van der Waals surface area (Å²) in [6, 6.07) is 10.8. The molecule has 0 aliphatic heterocycles. The maximum Gasteiger partial charge on any atom is 0.131 e. The van der Waals surface area contributed by atoms with E-state index in [2.05, 4.69) is 0 Å². The van der Waals surface area contributed by atoms with Gasteiger partial charge in [-0.2, -0.15) is 0 Å². The molecule has 2 aromatic carbocycles. The highest BCUT2D eigenvalue weighted by Gasteiger charge is 2.19. The second-order valence-electron chi connectivity index (χ2n) is 5.45. The first-order chi connectivity index (χ1) is 10.9. The summed E-state index contributed by atoms with van der Waals surface area (Å²) < 4.78 is 38.6. The Morgan fingerprint density at radius 1 is 1.13 bits per heavy atom. The fourth-order valence-corrected chi connectivity index (χ4v) is 2.90. The van der Waals surface area contributed by atoms with Crippen LogP contribution in [0.5, 0.6) is 0 Å². The van der Waals surface area contributed by atoms with Crippen molar-refractivity contribution < 1.29 is 18.1 Å². The molecule has 0 fully saturated rings. The van der Waals surface area contributed by atoms with E-state index < -0.39 is 28.5 Å². The van der Waals surface area contributed by atoms with E-state index in [1.54, 1.807) is 30.3 Å². The molecule has 0 saturated carbocycles. The van der Waals surface area contributed by atoms with Crippen molar-refractivity contribution in [1.82, 2.24) is 4.90 Å². The van der Waals surface area contributed by atoms with Crippen molar-refractivity contribution in [3.05, 3.63) is 65.2 Å². The van der Waals surface area contributed by atoms with Crippen molar-refractivity contribution in [2.45, 2.75) is 17.5 Å². The molecule has 23 heavy (non-hydrogen) atoms. The molecule has 0 radical (unpaired) electrons. The molecule has 124 valence electrons. The summed E-state index contributed by atoms with van der Waals surface area (Å²) in [4.78, 5) is 2.51. The number of nitrogens with zero attached hydrogens (tertiary/aromatic N) is 1. The molecule has 2 atom stereocenters. The molecule has 0 saturated heterocycles. The maximum atomic E-state index is 13.7. The van der Waals surface area contributed by atoms with Crippen LogP contribution in [-0.4, -0.2) is 34.1 Å². The van der Waals surface area contributed by atoms with Crippen LogP contribution < -0.4 is 0 Å². The van der Waals surface area contributed by atoms with E-state index in [1.807, 2.05) is 12.1 Å². The van der Waals surface area contributed by atoms with Crippen LogP contribution in [0.3, 0.4) is 0 Å². The first-order valence-corrected chi connectivity index (χ1v) is 8.67. The lowest BCUT2D eigenvalue weighted by Crippen LogP contribution is -2.25. The van der Waals surface area contributed by atoms with Gasteiger partial charge < -0.3 is 5.11 Å². The van der Waals surface area contributed by atoms with Crippen LogP contribution in [-0.2, 0) is 17.3 Å². The lowest BCUT2D eigenvalue weighted by Gasteiger charge is -2.21. The average Bonchev–Trinajstić information content (AvgIpc) is 2.47. The molecule has 0 aliphatic carbocycles. The van der Waals surface area contributed by atoms with Gasteiger partial charge >= 0.3 is 0 Å². The molecular weight excluding hydrogens is 320 g/mol. The monoisotopic (exact) mass is 339 g/mol. The third-order valence-electron chi connectivity index (χ3n) is 3.53. The van der Waals surface area contributed by atoms with Crippen molar-refractivity contribution in [2.75, 3.05) is 19.8 Å². The third-order valence-corrected chi connectivity index (χ3v) is 4.46. The van der Waals surface area contributed by atoms with Gasteiger partial charge in [0.25, 0.3) is 0 Å². The third kappa shape index (κ3) is 4.67. The zero-order valence-electron chi connectivity index (χ0n) is 13.0. The molecule has 2 unspecified atom stereocenters. The molecule has 0 spiro atoms. The standard InChI is InChI=1S/C17H19F2NO2S/c1-20(10-12-6-8-13(9-7-12)23(2)22)11-16(21)17-14(18)4-3-5-15(17)19/h3-9,16,21H,10-11H2,1-2H3. The Hall–Kier alpha value is -1.63. The largest absolute Gasteiger partial charge is 0.387 e. The van der Waals surface area contributed by atoms with Crippen LogP contribution in [0.25, 0.3) is 0 Å². The first kappa shape index (κ1) is 17.7. The normalized spacial score (nSPS) is 14.0. The van der Waals surface area contributed by atoms with Crippen molar-refractivity contribution in [1.29, 1.82) is 0 Å². The van der Waals surface area contributed by atoms with E-state index in [9.17, 15) is 18.1 Å². The average molecular weight is 339 g/mol. The quantitative estimate of drug-likeness (QED) is 0.880. The number of halogens is 2. The van der Waals surface area contributed by atoms with Crippen molar-refractivity contribution >= 4 is 10.8 Å². The summed E-state index contributed by atoms with van der Waals surface area (Å²) in [6.07, 6.45) is 0.365. The predicted molar refractivity (Wildman–Crippen MR) is 86.4 cm³/mol. The van der Waals surface area contributed by atoms with Gasteiger partial charge in [-0.05, 0) is 36.9 Å². The Balaban J connectivity index is 2.01. The molecule has 1 N–H and O–H groups in total. The van der Waals surface area contributed by atoms with Gasteiger partial charge in [-0.1, -0.05) is 18.2 Å². The Labute approximate surface area is 137 Å². The highest BCUT2D eigenvalue weighted by molar-refractivity contribution is 7.84. The van der Waals surface area contributed by atoms with E-state index in [0.29, 0.717) is 6.54 Å². The summed E-state index contributed by atoms with van der Waals surface area (Å²) in [5.41, 5.74) is 0.652. The van der Waals surface area contributed by atoms with Gasteiger partial charge in [0, 0.05) is 35.0 Å². The maximum absolute atomic E-state index is 13.7. The Kier molecular flexibility index (Phi) is 5.98. The lowest BCUT2D eigenvalue weighted by molar-refractivity contribution is 0.117. The number of rotatable bonds is 6. The van der Waals surface area contributed by atoms with Crippen molar-refractivity contribution in [3.8, 4) is 0 Å². The number of aliphatic hydroxyl groups is 1. The van der Waals surface area contributed by atoms with Crippen molar-refractivity contribution in [3.63, 3.8) is 0 Å². The number of aliphatic hydroxyl groups excluding tert-OH is 1. The zero-order valence-corrected chi connectivity index (χ0v) is 13.8. The Morgan fingerprint density at radius 2 is 1.70 bits per heavy atom. The van der Waals surface area contributed by atoms with Gasteiger partial charge in [0.15, 0.2) is 0 Å². The Bertz CT molecular complexity index is 671. The predicted octanol–water partition coefficient (Wildman–Crippen LogP) is 2.87. The second-order valence-corrected chi connectivity index (χ2v) is 6.83. The number of likely N-dealkylation sites (N-methyl/N-ethyl adjacent to an activating group) is 1. The van der Waals surface area contributed by atoms with Crippen LogP contribution in [0.15, 0.2) is 47.4 Å². The number of benzene rings is 2. The van der Waals surface area contributed by atoms with E-state index in [1.165, 1.54) is 6.07 Å². The fraction of sp³-hybridized carbons (Fsp3) is 0.294. The van der Waals surface area contributed by atoms with Gasteiger partial charge in [-0.15, -0.1) is 0 Å². The van der Waals surface area contributed by atoms with Crippen molar-refractivity contribution in [2.24, 2.45) is 0 Å². The smallest absolute Gasteiger partial charge is 0.131 e. The summed E-state index contributed by atoms with van der Waals surface area (Å²) >= 11 is 0. The van der Waals surface area contributed by atoms with Crippen LogP contribution >= 0.6 is 0 Å². The minimum Gasteiger partial charge on any atom is -0.387 e. The molecule has 0 aromatic heterocycles. The van der Waals surface area contributed by atoms with E-state index in [-0.39, 0.29) is 12.1 Å². The van der Waals surface area contributed by atoms with E-state index in [4.69, 9.17) is 0 Å². The zero-order chi connectivity index (χ0) is 17.0. The molecular formula is C17H19F2NO2S. The minimum atomic E-state index is -1.25. The summed E-state index contributed by atoms with van der Waals surface area (Å²) in [6.45, 7) is 0.600. The highest BCUT2D eigenvalue weighted by Crippen LogP contribution is 2.21. The van der Waals surface area contributed by atoms with Gasteiger partial charge in [0.1, 0.15) is 11.6 Å². The van der Waals surface area contributed by atoms with Gasteiger partial charge in [-0.3, -0.25) is 9.11 Å². The molecule has 6 heteroatoms. The Morgan fingerprint density at radius 3 is 2.22 bits per heavy atom. The molecule has 0 amide bonds. The van der Waals surface area contributed by atoms with E-state index in [0.717, 1.165) is 22.6 Å². The SMILES string of the molecule is CN(Cc1ccc(S(C)=O)cc1)CC(O)c1c(F)cccc1F. The first-order valence-electron chi connectivity index (χ1n) is 7.11. The summed E-state index contributed by atoms with van der Waals surface area (Å²) in [5.74, 6) is -1.50. The molecule has 0 heterocycles. The summed E-state index contributed by atoms with van der Waals surface area (Å²) in [5, 5.41) is 10.1. The van der Waals surface area contributed by atoms with E-state index >= 15 is 0 Å². The molecule has 0 bridgehead atoms. The highest BCUT2D eigenvalue weighted by atomic mass is 32.2. The van der Waals surface area contributed by atoms with Crippen LogP contribution in [0.2, 0.25) is 0 Å². The molecule has 2 aromatic rings. The summed E-state index contributed by atoms with van der Waals surface area (Å²) in [7, 11) is 0.732.